The van der Waals surface area contributed by atoms with E-state index in [1.54, 1.807) is 0 Å². The molecular weight excluding hydrogens is 254 g/mol. The van der Waals surface area contributed by atoms with Crippen LogP contribution in [-0.4, -0.2) is 4.57 Å². The quantitative estimate of drug-likeness (QED) is 0.620. The van der Waals surface area contributed by atoms with Crippen LogP contribution in [0.4, 0.5) is 0 Å². The van der Waals surface area contributed by atoms with Crippen molar-refractivity contribution in [3.05, 3.63) is 70.4 Å². The lowest BCUT2D eigenvalue weighted by Gasteiger charge is -2.12. The Morgan fingerprint density at radius 1 is 1.00 bits per heavy atom. The van der Waals surface area contributed by atoms with Gasteiger partial charge in [0.15, 0.2) is 0 Å². The summed E-state index contributed by atoms with van der Waals surface area (Å²) in [6.07, 6.45) is 2.13. The Morgan fingerprint density at radius 2 is 1.74 bits per heavy atom. The van der Waals surface area contributed by atoms with Crippen molar-refractivity contribution in [1.29, 1.82) is 0 Å². The molecule has 2 aromatic carbocycles. The van der Waals surface area contributed by atoms with Gasteiger partial charge in [-0.15, -0.1) is 0 Å². The van der Waals surface area contributed by atoms with E-state index in [2.05, 4.69) is 54.9 Å². The second-order valence-corrected chi connectivity index (χ2v) is 5.45. The Labute approximate surface area is 118 Å². The van der Waals surface area contributed by atoms with Crippen molar-refractivity contribution in [3.8, 4) is 0 Å². The first kappa shape index (κ1) is 12.3. The van der Waals surface area contributed by atoms with Gasteiger partial charge in [0.1, 0.15) is 0 Å². The number of hydrogen-bond donors (Lipinski definition) is 0. The molecule has 0 aliphatic rings. The fraction of sp³-hybridized carbons (Fsp3) is 0.176. The molecule has 1 heterocycles. The van der Waals surface area contributed by atoms with Crippen LogP contribution in [0, 0.1) is 13.8 Å². The maximum atomic E-state index is 6.10. The number of nitrogens with zero attached hydrogens (tertiary/aromatic N) is 1. The summed E-state index contributed by atoms with van der Waals surface area (Å²) in [7, 11) is 0. The van der Waals surface area contributed by atoms with Crippen molar-refractivity contribution in [3.63, 3.8) is 0 Å². The van der Waals surface area contributed by atoms with E-state index in [-0.39, 0.29) is 0 Å². The van der Waals surface area contributed by atoms with Gasteiger partial charge in [-0.25, -0.2) is 0 Å². The highest BCUT2D eigenvalue weighted by atomic mass is 35.5. The summed E-state index contributed by atoms with van der Waals surface area (Å²) in [5, 5.41) is 2.02. The minimum absolute atomic E-state index is 0.786. The lowest BCUT2D eigenvalue weighted by molar-refractivity contribution is 0.824. The summed E-state index contributed by atoms with van der Waals surface area (Å²) < 4.78 is 2.26. The van der Waals surface area contributed by atoms with Gasteiger partial charge in [0.05, 0.1) is 0 Å². The topological polar surface area (TPSA) is 4.93 Å². The van der Waals surface area contributed by atoms with Crippen LogP contribution in [0.15, 0.2) is 48.7 Å². The van der Waals surface area contributed by atoms with E-state index in [0.29, 0.717) is 0 Å². The summed E-state index contributed by atoms with van der Waals surface area (Å²) in [5.74, 6) is 0. The van der Waals surface area contributed by atoms with Gasteiger partial charge in [-0.3, -0.25) is 0 Å². The standard InChI is InChI=1S/C17H16ClN/c1-12-4-3-5-13(2)16(12)11-19-9-8-14-6-7-15(18)10-17(14)19/h3-10H,11H2,1-2H3. The van der Waals surface area contributed by atoms with Crippen molar-refractivity contribution >= 4 is 22.5 Å². The van der Waals surface area contributed by atoms with Crippen molar-refractivity contribution in [2.45, 2.75) is 20.4 Å². The van der Waals surface area contributed by atoms with Crippen molar-refractivity contribution in [2.24, 2.45) is 0 Å². The first-order valence-electron chi connectivity index (χ1n) is 6.44. The summed E-state index contributed by atoms with van der Waals surface area (Å²) in [6.45, 7) is 5.23. The van der Waals surface area contributed by atoms with Gasteiger partial charge in [0.2, 0.25) is 0 Å². The Bertz CT molecular complexity index is 720. The largest absolute Gasteiger partial charge is 0.343 e. The lowest BCUT2D eigenvalue weighted by atomic mass is 10.0. The third-order valence-corrected chi connectivity index (χ3v) is 3.94. The number of halogens is 1. The van der Waals surface area contributed by atoms with Crippen LogP contribution in [0.25, 0.3) is 10.9 Å². The van der Waals surface area contributed by atoms with Crippen molar-refractivity contribution < 1.29 is 0 Å². The van der Waals surface area contributed by atoms with Crippen LogP contribution < -0.4 is 0 Å². The molecule has 2 heteroatoms. The van der Waals surface area contributed by atoms with Gasteiger partial charge in [-0.2, -0.15) is 0 Å². The zero-order valence-electron chi connectivity index (χ0n) is 11.2. The first-order valence-corrected chi connectivity index (χ1v) is 6.82. The van der Waals surface area contributed by atoms with E-state index >= 15 is 0 Å². The molecule has 3 rings (SSSR count). The molecule has 0 aliphatic heterocycles. The molecule has 0 atom stereocenters. The maximum Gasteiger partial charge on any atom is 0.0498 e. The van der Waals surface area contributed by atoms with Crippen LogP contribution in [0.2, 0.25) is 5.02 Å². The normalized spacial score (nSPS) is 11.1. The molecule has 0 radical (unpaired) electrons. The number of fused-ring (bicyclic) bond motifs is 1. The van der Waals surface area contributed by atoms with Gasteiger partial charge in [0, 0.05) is 23.3 Å². The fourth-order valence-corrected chi connectivity index (χ4v) is 2.73. The van der Waals surface area contributed by atoms with E-state index in [4.69, 9.17) is 11.6 Å². The van der Waals surface area contributed by atoms with Gasteiger partial charge < -0.3 is 4.57 Å². The van der Waals surface area contributed by atoms with Gasteiger partial charge in [-0.1, -0.05) is 35.9 Å². The van der Waals surface area contributed by atoms with Gasteiger partial charge in [0.25, 0.3) is 0 Å². The predicted molar refractivity (Wildman–Crippen MR) is 82.0 cm³/mol. The minimum atomic E-state index is 0.786. The number of hydrogen-bond acceptors (Lipinski definition) is 0. The maximum absolute atomic E-state index is 6.10. The molecule has 0 fully saturated rings. The SMILES string of the molecule is Cc1cccc(C)c1Cn1ccc2ccc(Cl)cc21. The summed E-state index contributed by atoms with van der Waals surface area (Å²) >= 11 is 6.10. The van der Waals surface area contributed by atoms with Gasteiger partial charge in [-0.05, 0) is 54.1 Å². The van der Waals surface area contributed by atoms with E-state index in [0.717, 1.165) is 11.6 Å². The van der Waals surface area contributed by atoms with Crippen LogP contribution >= 0.6 is 11.6 Å². The predicted octanol–water partition coefficient (Wildman–Crippen LogP) is 4.96. The van der Waals surface area contributed by atoms with Crippen LogP contribution in [-0.2, 0) is 6.54 Å². The second-order valence-electron chi connectivity index (χ2n) is 5.02. The molecule has 3 aromatic rings. The molecule has 0 amide bonds. The smallest absolute Gasteiger partial charge is 0.0498 e. The molecule has 0 saturated heterocycles. The van der Waals surface area contributed by atoms with Crippen molar-refractivity contribution in [1.82, 2.24) is 4.57 Å². The number of aryl methyl sites for hydroxylation is 2. The highest BCUT2D eigenvalue weighted by molar-refractivity contribution is 6.31. The van der Waals surface area contributed by atoms with Crippen molar-refractivity contribution in [2.75, 3.05) is 0 Å². The average Bonchev–Trinajstić information content (AvgIpc) is 2.76. The average molecular weight is 270 g/mol. The van der Waals surface area contributed by atoms with E-state index < -0.39 is 0 Å². The molecule has 1 nitrogen and oxygen atoms in total. The van der Waals surface area contributed by atoms with Gasteiger partial charge >= 0.3 is 0 Å². The monoisotopic (exact) mass is 269 g/mol. The molecule has 1 aromatic heterocycles. The second kappa shape index (κ2) is 4.75. The molecule has 0 N–H and O–H groups in total. The minimum Gasteiger partial charge on any atom is -0.343 e. The molecule has 19 heavy (non-hydrogen) atoms. The number of aromatic nitrogens is 1. The molecule has 0 bridgehead atoms. The van der Waals surface area contributed by atoms with Crippen LogP contribution in [0.3, 0.4) is 0 Å². The van der Waals surface area contributed by atoms with Crippen LogP contribution in [0.5, 0.6) is 0 Å². The fourth-order valence-electron chi connectivity index (χ4n) is 2.56. The Hall–Kier alpha value is -1.73. The molecule has 0 spiro atoms. The zero-order chi connectivity index (χ0) is 13.4. The highest BCUT2D eigenvalue weighted by Crippen LogP contribution is 2.23. The summed E-state index contributed by atoms with van der Waals surface area (Å²) in [4.78, 5) is 0. The molecule has 96 valence electrons. The lowest BCUT2D eigenvalue weighted by Crippen LogP contribution is -2.02. The van der Waals surface area contributed by atoms with E-state index in [1.807, 2.05) is 12.1 Å². The highest BCUT2D eigenvalue weighted by Gasteiger charge is 2.06. The molecular formula is C17H16ClN. The first-order chi connectivity index (χ1) is 9.15. The number of benzene rings is 2. The zero-order valence-corrected chi connectivity index (χ0v) is 11.9. The molecule has 0 saturated carbocycles. The summed E-state index contributed by atoms with van der Waals surface area (Å²) in [5.41, 5.74) is 5.25. The molecule has 0 aliphatic carbocycles. The Kier molecular flexibility index (Phi) is 3.08. The third kappa shape index (κ3) is 2.26. The molecule has 0 unspecified atom stereocenters. The van der Waals surface area contributed by atoms with E-state index in [1.165, 1.54) is 27.6 Å². The van der Waals surface area contributed by atoms with E-state index in [9.17, 15) is 0 Å². The third-order valence-electron chi connectivity index (χ3n) is 3.71. The Balaban J connectivity index is 2.08. The van der Waals surface area contributed by atoms with Crippen LogP contribution in [0.1, 0.15) is 16.7 Å². The number of rotatable bonds is 2. The Morgan fingerprint density at radius 3 is 2.47 bits per heavy atom. The summed E-state index contributed by atoms with van der Waals surface area (Å²) in [6, 6.07) is 14.6.